The predicted octanol–water partition coefficient (Wildman–Crippen LogP) is 5.04. The molecule has 2 heteroatoms. The van der Waals surface area contributed by atoms with Gasteiger partial charge in [-0.2, -0.15) is 0 Å². The molecule has 1 atom stereocenters. The van der Waals surface area contributed by atoms with Gasteiger partial charge in [0.05, 0.1) is 0 Å². The van der Waals surface area contributed by atoms with Crippen LogP contribution < -0.4 is 0 Å². The molecule has 0 aliphatic heterocycles. The first-order valence-electron chi connectivity index (χ1n) is 9.59. The molecule has 0 radical (unpaired) electrons. The van der Waals surface area contributed by atoms with Crippen molar-refractivity contribution in [2.24, 2.45) is 0 Å². The highest BCUT2D eigenvalue weighted by Crippen LogP contribution is 2.28. The Labute approximate surface area is 142 Å². The van der Waals surface area contributed by atoms with Gasteiger partial charge in [0, 0.05) is 18.0 Å². The largest absolute Gasteiger partial charge is 0.300 e. The van der Waals surface area contributed by atoms with E-state index in [-0.39, 0.29) is 0 Å². The minimum atomic E-state index is 0.349. The van der Waals surface area contributed by atoms with Crippen LogP contribution in [0.2, 0.25) is 0 Å². The summed E-state index contributed by atoms with van der Waals surface area (Å²) in [6, 6.07) is 6.98. The maximum absolute atomic E-state index is 12.6. The molecule has 0 spiro atoms. The Kier molecular flexibility index (Phi) is 7.29. The van der Waals surface area contributed by atoms with Crippen molar-refractivity contribution in [3.05, 3.63) is 34.9 Å². The van der Waals surface area contributed by atoms with Gasteiger partial charge < -0.3 is 4.90 Å². The first kappa shape index (κ1) is 18.2. The second kappa shape index (κ2) is 9.22. The maximum atomic E-state index is 12.6. The molecular weight excluding hydrogens is 282 g/mol. The van der Waals surface area contributed by atoms with Gasteiger partial charge in [0.1, 0.15) is 0 Å². The molecule has 0 heterocycles. The van der Waals surface area contributed by atoms with Crippen molar-refractivity contribution in [1.82, 2.24) is 4.90 Å². The molecule has 0 saturated carbocycles. The fourth-order valence-electron chi connectivity index (χ4n) is 3.87. The molecule has 0 N–H and O–H groups in total. The number of rotatable bonds is 9. The Morgan fingerprint density at radius 2 is 1.87 bits per heavy atom. The lowest BCUT2D eigenvalue weighted by Gasteiger charge is -2.35. The molecule has 1 aromatic rings. The third-order valence-electron chi connectivity index (χ3n) is 5.06. The second-order valence-corrected chi connectivity index (χ2v) is 6.90. The van der Waals surface area contributed by atoms with E-state index in [1.807, 2.05) is 0 Å². The van der Waals surface area contributed by atoms with Crippen molar-refractivity contribution >= 4 is 5.78 Å². The average molecular weight is 316 g/mol. The predicted molar refractivity (Wildman–Crippen MR) is 98.3 cm³/mol. The topological polar surface area (TPSA) is 20.3 Å². The Balaban J connectivity index is 2.19. The van der Waals surface area contributed by atoms with Crippen molar-refractivity contribution in [3.63, 3.8) is 0 Å². The molecule has 0 amide bonds. The first-order chi connectivity index (χ1) is 11.2. The van der Waals surface area contributed by atoms with Crippen molar-refractivity contribution < 1.29 is 4.79 Å². The lowest BCUT2D eigenvalue weighted by molar-refractivity contribution is 0.0977. The summed E-state index contributed by atoms with van der Waals surface area (Å²) in [5.41, 5.74) is 3.77. The quantitative estimate of drug-likeness (QED) is 0.595. The monoisotopic (exact) mass is 315 g/mol. The Bertz CT molecular complexity index is 503. The minimum Gasteiger partial charge on any atom is -0.300 e. The van der Waals surface area contributed by atoms with Crippen molar-refractivity contribution in [2.75, 3.05) is 13.1 Å². The molecule has 0 fully saturated rings. The molecule has 1 aliphatic carbocycles. The summed E-state index contributed by atoms with van der Waals surface area (Å²) >= 11 is 0. The van der Waals surface area contributed by atoms with Gasteiger partial charge in [-0.1, -0.05) is 45.4 Å². The summed E-state index contributed by atoms with van der Waals surface area (Å²) in [5, 5.41) is 0. The van der Waals surface area contributed by atoms with Crippen LogP contribution in [0.15, 0.2) is 18.2 Å². The van der Waals surface area contributed by atoms with Crippen LogP contribution in [0.5, 0.6) is 0 Å². The van der Waals surface area contributed by atoms with Crippen molar-refractivity contribution in [2.45, 2.75) is 78.2 Å². The lowest BCUT2D eigenvalue weighted by atomic mass is 9.83. The zero-order valence-electron chi connectivity index (χ0n) is 15.2. The van der Waals surface area contributed by atoms with Gasteiger partial charge in [-0.3, -0.25) is 4.79 Å². The number of carbonyl (C=O) groups is 1. The van der Waals surface area contributed by atoms with E-state index in [9.17, 15) is 4.79 Å². The van der Waals surface area contributed by atoms with Gasteiger partial charge in [-0.15, -0.1) is 0 Å². The third-order valence-corrected chi connectivity index (χ3v) is 5.06. The maximum Gasteiger partial charge on any atom is 0.163 e. The average Bonchev–Trinajstić information content (AvgIpc) is 2.58. The van der Waals surface area contributed by atoms with Crippen LogP contribution in [0, 0.1) is 0 Å². The normalized spacial score (nSPS) is 17.3. The molecule has 2 rings (SSSR count). The van der Waals surface area contributed by atoms with Gasteiger partial charge in [0.2, 0.25) is 0 Å². The standard InChI is InChI=1S/C21H33NO/c1-4-7-11-21(23)19-10-8-9-17-12-13-18(16-20(17)19)22(14-5-2)15-6-3/h8-10,18H,4-7,11-16H2,1-3H3/t18-/m1/s1. The molecular formula is C21H33NO. The van der Waals surface area contributed by atoms with Crippen LogP contribution in [0.1, 0.15) is 80.8 Å². The molecule has 1 aromatic carbocycles. The zero-order chi connectivity index (χ0) is 16.7. The molecule has 0 saturated heterocycles. The van der Waals surface area contributed by atoms with Gasteiger partial charge in [-0.05, 0) is 62.7 Å². The third kappa shape index (κ3) is 4.67. The summed E-state index contributed by atoms with van der Waals surface area (Å²) in [7, 11) is 0. The Morgan fingerprint density at radius 3 is 2.52 bits per heavy atom. The molecule has 1 aliphatic rings. The van der Waals surface area contributed by atoms with E-state index in [0.29, 0.717) is 18.2 Å². The first-order valence-corrected chi connectivity index (χ1v) is 9.59. The molecule has 0 unspecified atom stereocenters. The smallest absolute Gasteiger partial charge is 0.163 e. The second-order valence-electron chi connectivity index (χ2n) is 6.90. The molecule has 23 heavy (non-hydrogen) atoms. The van der Waals surface area contributed by atoms with Gasteiger partial charge >= 0.3 is 0 Å². The number of nitrogens with zero attached hydrogens (tertiary/aromatic N) is 1. The van der Waals surface area contributed by atoms with Crippen LogP contribution in [-0.4, -0.2) is 29.8 Å². The Morgan fingerprint density at radius 1 is 1.13 bits per heavy atom. The summed E-state index contributed by atoms with van der Waals surface area (Å²) in [6.45, 7) is 9.04. The number of hydrogen-bond donors (Lipinski definition) is 0. The van der Waals surface area contributed by atoms with E-state index in [2.05, 4.69) is 43.9 Å². The van der Waals surface area contributed by atoms with Gasteiger partial charge in [0.15, 0.2) is 5.78 Å². The van der Waals surface area contributed by atoms with E-state index in [0.717, 1.165) is 31.2 Å². The fraction of sp³-hybridized carbons (Fsp3) is 0.667. The number of unbranched alkanes of at least 4 members (excludes halogenated alkanes) is 1. The van der Waals surface area contributed by atoms with Crippen LogP contribution in [0.4, 0.5) is 0 Å². The summed E-state index contributed by atoms with van der Waals surface area (Å²) in [6.07, 6.45) is 8.63. The number of ketones is 1. The SMILES string of the molecule is CCCCC(=O)c1cccc2c1C[C@H](N(CCC)CCC)CC2. The molecule has 2 nitrogen and oxygen atoms in total. The van der Waals surface area contributed by atoms with E-state index >= 15 is 0 Å². The van der Waals surface area contributed by atoms with Crippen LogP contribution in [-0.2, 0) is 12.8 Å². The van der Waals surface area contributed by atoms with Crippen LogP contribution in [0.25, 0.3) is 0 Å². The summed E-state index contributed by atoms with van der Waals surface area (Å²) in [5.74, 6) is 0.349. The molecule has 128 valence electrons. The number of aryl methyl sites for hydroxylation is 1. The van der Waals surface area contributed by atoms with Crippen LogP contribution in [0.3, 0.4) is 0 Å². The van der Waals surface area contributed by atoms with E-state index in [1.54, 1.807) is 0 Å². The zero-order valence-corrected chi connectivity index (χ0v) is 15.2. The number of carbonyl (C=O) groups excluding carboxylic acids is 1. The minimum absolute atomic E-state index is 0.349. The number of hydrogen-bond acceptors (Lipinski definition) is 2. The highest BCUT2D eigenvalue weighted by atomic mass is 16.1. The molecule has 0 bridgehead atoms. The van der Waals surface area contributed by atoms with E-state index < -0.39 is 0 Å². The summed E-state index contributed by atoms with van der Waals surface area (Å²) < 4.78 is 0. The number of fused-ring (bicyclic) bond motifs is 1. The van der Waals surface area contributed by atoms with Gasteiger partial charge in [-0.25, -0.2) is 0 Å². The molecule has 0 aromatic heterocycles. The van der Waals surface area contributed by atoms with Crippen LogP contribution >= 0.6 is 0 Å². The van der Waals surface area contributed by atoms with Gasteiger partial charge in [0.25, 0.3) is 0 Å². The van der Waals surface area contributed by atoms with Crippen molar-refractivity contribution in [3.8, 4) is 0 Å². The summed E-state index contributed by atoms with van der Waals surface area (Å²) in [4.78, 5) is 15.2. The number of benzene rings is 1. The van der Waals surface area contributed by atoms with E-state index in [1.165, 1.54) is 43.5 Å². The van der Waals surface area contributed by atoms with Crippen molar-refractivity contribution in [1.29, 1.82) is 0 Å². The Hall–Kier alpha value is -1.15. The highest BCUT2D eigenvalue weighted by Gasteiger charge is 2.26. The lowest BCUT2D eigenvalue weighted by Crippen LogP contribution is -2.40. The fourth-order valence-corrected chi connectivity index (χ4v) is 3.87. The number of Topliss-reactive ketones (excluding diaryl/α,β-unsaturated/α-hetero) is 1. The highest BCUT2D eigenvalue weighted by molar-refractivity contribution is 5.97. The van der Waals surface area contributed by atoms with E-state index in [4.69, 9.17) is 0 Å².